The molecule has 3 aromatic rings. The molecule has 0 aliphatic carbocycles. The Bertz CT molecular complexity index is 1450. The number of aromatic nitrogens is 1. The fraction of sp³-hybridized carbons (Fsp3) is 0.269. The first-order valence-corrected chi connectivity index (χ1v) is 12.6. The van der Waals surface area contributed by atoms with Crippen molar-refractivity contribution in [1.29, 1.82) is 0 Å². The lowest BCUT2D eigenvalue weighted by Gasteiger charge is -2.40. The molecule has 1 aliphatic rings. The topological polar surface area (TPSA) is 123 Å². The molecule has 0 fully saturated rings. The Balaban J connectivity index is 1.74. The van der Waals surface area contributed by atoms with Gasteiger partial charge in [0.15, 0.2) is 20.4 Å². The van der Waals surface area contributed by atoms with Gasteiger partial charge < -0.3 is 10.8 Å². The number of hydrogen-bond acceptors (Lipinski definition) is 7. The highest BCUT2D eigenvalue weighted by molar-refractivity contribution is 7.93. The highest BCUT2D eigenvalue weighted by Crippen LogP contribution is 2.43. The van der Waals surface area contributed by atoms with Crippen molar-refractivity contribution in [2.24, 2.45) is 10.7 Å². The molecular formula is C26H26FN3O4S. The van der Waals surface area contributed by atoms with E-state index in [2.05, 4.69) is 9.98 Å². The van der Waals surface area contributed by atoms with Crippen molar-refractivity contribution in [3.8, 4) is 5.75 Å². The average molecular weight is 496 g/mol. The lowest BCUT2D eigenvalue weighted by molar-refractivity contribution is 0.0988. The Morgan fingerprint density at radius 2 is 1.89 bits per heavy atom. The lowest BCUT2D eigenvalue weighted by atomic mass is 9.89. The molecule has 1 aliphatic heterocycles. The van der Waals surface area contributed by atoms with E-state index < -0.39 is 31.7 Å². The van der Waals surface area contributed by atoms with Gasteiger partial charge in [-0.3, -0.25) is 9.79 Å². The van der Waals surface area contributed by atoms with Crippen LogP contribution in [0.4, 0.5) is 4.39 Å². The molecule has 2 heterocycles. The number of ketones is 1. The maximum Gasteiger partial charge on any atom is 0.185 e. The minimum atomic E-state index is -3.92. The number of carbonyl (C=O) groups excluding carboxylic acids is 1. The number of hydrogen-bond donors (Lipinski definition) is 2. The van der Waals surface area contributed by atoms with Crippen LogP contribution in [0.5, 0.6) is 5.75 Å². The molecule has 0 saturated heterocycles. The van der Waals surface area contributed by atoms with Gasteiger partial charge in [-0.25, -0.2) is 17.8 Å². The van der Waals surface area contributed by atoms with E-state index in [9.17, 15) is 18.3 Å². The van der Waals surface area contributed by atoms with Crippen LogP contribution in [-0.4, -0.2) is 35.9 Å². The van der Waals surface area contributed by atoms with Crippen LogP contribution in [0.1, 0.15) is 46.6 Å². The van der Waals surface area contributed by atoms with Gasteiger partial charge in [-0.15, -0.1) is 0 Å². The molecule has 0 saturated carbocycles. The van der Waals surface area contributed by atoms with E-state index in [0.717, 1.165) is 5.56 Å². The predicted molar refractivity (Wildman–Crippen MR) is 132 cm³/mol. The van der Waals surface area contributed by atoms with E-state index in [-0.39, 0.29) is 35.0 Å². The van der Waals surface area contributed by atoms with E-state index >= 15 is 4.39 Å². The lowest BCUT2D eigenvalue weighted by Crippen LogP contribution is -2.54. The molecule has 3 N–H and O–H groups in total. The molecule has 0 unspecified atom stereocenters. The van der Waals surface area contributed by atoms with Crippen LogP contribution in [0, 0.1) is 12.7 Å². The van der Waals surface area contributed by atoms with Gasteiger partial charge in [0.1, 0.15) is 28.6 Å². The normalized spacial score (nSPS) is 23.5. The molecule has 9 heteroatoms. The van der Waals surface area contributed by atoms with E-state index in [1.165, 1.54) is 50.4 Å². The fourth-order valence-corrected chi connectivity index (χ4v) is 6.51. The number of nitrogens with zero attached hydrogens (tertiary/aromatic N) is 2. The Morgan fingerprint density at radius 1 is 1.14 bits per heavy atom. The molecule has 0 radical (unpaired) electrons. The second kappa shape index (κ2) is 8.57. The number of aliphatic imine (C=N–C) groups is 1. The number of aromatic hydroxyl groups is 1. The third-order valence-corrected chi connectivity index (χ3v) is 9.16. The van der Waals surface area contributed by atoms with Gasteiger partial charge in [-0.05, 0) is 56.2 Å². The van der Waals surface area contributed by atoms with Crippen molar-refractivity contribution in [3.05, 3.63) is 94.6 Å². The van der Waals surface area contributed by atoms with E-state index in [1.54, 1.807) is 18.2 Å². The summed E-state index contributed by atoms with van der Waals surface area (Å²) >= 11 is 0. The largest absolute Gasteiger partial charge is 0.506 e. The maximum atomic E-state index is 15.0. The van der Waals surface area contributed by atoms with Gasteiger partial charge in [0.05, 0.1) is 11.9 Å². The molecule has 2 aromatic carbocycles. The van der Waals surface area contributed by atoms with Crippen molar-refractivity contribution >= 4 is 21.5 Å². The monoisotopic (exact) mass is 495 g/mol. The smallest absolute Gasteiger partial charge is 0.185 e. The van der Waals surface area contributed by atoms with Crippen LogP contribution in [0.2, 0.25) is 0 Å². The predicted octanol–water partition coefficient (Wildman–Crippen LogP) is 3.58. The van der Waals surface area contributed by atoms with Crippen molar-refractivity contribution < 1.29 is 22.7 Å². The number of halogens is 1. The van der Waals surface area contributed by atoms with Gasteiger partial charge in [-0.1, -0.05) is 35.9 Å². The minimum absolute atomic E-state index is 0.0410. The number of nitrogens with two attached hydrogens (primary N) is 1. The first kappa shape index (κ1) is 24.5. The second-order valence-electron chi connectivity index (χ2n) is 9.25. The molecular weight excluding hydrogens is 469 g/mol. The highest BCUT2D eigenvalue weighted by Gasteiger charge is 2.53. The molecule has 0 spiro atoms. The van der Waals surface area contributed by atoms with Crippen LogP contribution in [-0.2, 0) is 26.5 Å². The summed E-state index contributed by atoms with van der Waals surface area (Å²) in [4.78, 5) is 21.1. The van der Waals surface area contributed by atoms with E-state index in [1.807, 2.05) is 13.0 Å². The number of benzene rings is 2. The number of sulfone groups is 1. The standard InChI is InChI=1S/C26H26FN3O4S/c1-16-5-4-6-18(11-16)26(3)24(28)30-25(2,15-35(26,33)34)20-12-17(7-9-21(20)27)13-23(32)22-10-8-19(31)14-29-22/h4-12,14,31H,13,15H2,1-3H3,(H2,28,30)/t25-,26-/m0/s1. The number of Topliss-reactive ketones (excluding diaryl/α,β-unsaturated/α-hetero) is 1. The van der Waals surface area contributed by atoms with Crippen molar-refractivity contribution in [2.75, 3.05) is 5.75 Å². The van der Waals surface area contributed by atoms with E-state index in [4.69, 9.17) is 5.73 Å². The zero-order chi connectivity index (χ0) is 25.6. The van der Waals surface area contributed by atoms with E-state index in [0.29, 0.717) is 11.1 Å². The summed E-state index contributed by atoms with van der Waals surface area (Å²) < 4.78 is 40.7. The third-order valence-electron chi connectivity index (χ3n) is 6.53. The number of rotatable bonds is 5. The molecule has 4 rings (SSSR count). The average Bonchev–Trinajstić information content (AvgIpc) is 2.78. The molecule has 35 heavy (non-hydrogen) atoms. The summed E-state index contributed by atoms with van der Waals surface area (Å²) in [6.45, 7) is 4.90. The van der Waals surface area contributed by atoms with Crippen molar-refractivity contribution in [2.45, 2.75) is 37.5 Å². The highest BCUT2D eigenvalue weighted by atomic mass is 32.2. The molecule has 0 amide bonds. The number of pyridine rings is 1. The summed E-state index contributed by atoms with van der Waals surface area (Å²) in [5.41, 5.74) is 6.87. The Kier molecular flexibility index (Phi) is 6.00. The Labute approximate surface area is 203 Å². The maximum absolute atomic E-state index is 15.0. The molecule has 182 valence electrons. The fourth-order valence-electron chi connectivity index (χ4n) is 4.41. The van der Waals surface area contributed by atoms with Gasteiger partial charge >= 0.3 is 0 Å². The summed E-state index contributed by atoms with van der Waals surface area (Å²) in [6, 6.07) is 13.9. The number of amidine groups is 1. The second-order valence-corrected chi connectivity index (χ2v) is 11.6. The number of carbonyl (C=O) groups is 1. The first-order valence-electron chi connectivity index (χ1n) is 11.0. The Morgan fingerprint density at radius 3 is 2.51 bits per heavy atom. The zero-order valence-electron chi connectivity index (χ0n) is 19.6. The minimum Gasteiger partial charge on any atom is -0.506 e. The van der Waals surface area contributed by atoms with Crippen LogP contribution in [0.25, 0.3) is 0 Å². The van der Waals surface area contributed by atoms with Crippen molar-refractivity contribution in [3.63, 3.8) is 0 Å². The molecule has 2 atom stereocenters. The zero-order valence-corrected chi connectivity index (χ0v) is 20.4. The van der Waals surface area contributed by atoms with Crippen molar-refractivity contribution in [1.82, 2.24) is 4.98 Å². The Hall–Kier alpha value is -3.59. The van der Waals surface area contributed by atoms with Gasteiger partial charge in [0.2, 0.25) is 0 Å². The van der Waals surface area contributed by atoms with Crippen LogP contribution < -0.4 is 5.73 Å². The molecule has 1 aromatic heterocycles. The molecule has 7 nitrogen and oxygen atoms in total. The quantitative estimate of drug-likeness (QED) is 0.522. The summed E-state index contributed by atoms with van der Waals surface area (Å²) in [6.07, 6.45) is 1.08. The summed E-state index contributed by atoms with van der Waals surface area (Å²) in [7, 11) is -3.92. The first-order chi connectivity index (χ1) is 16.4. The van der Waals surface area contributed by atoms with Gasteiger partial charge in [-0.2, -0.15) is 0 Å². The van der Waals surface area contributed by atoms with Crippen LogP contribution >= 0.6 is 0 Å². The van der Waals surface area contributed by atoms with Crippen LogP contribution in [0.3, 0.4) is 0 Å². The number of aryl methyl sites for hydroxylation is 1. The SMILES string of the molecule is Cc1cccc([C@@]2(C)C(N)=N[C@](C)(c3cc(CC(=O)c4ccc(O)cn4)ccc3F)CS2(=O)=O)c1. The summed E-state index contributed by atoms with van der Waals surface area (Å²) in [5, 5.41) is 9.37. The van der Waals surface area contributed by atoms with Crippen LogP contribution in [0.15, 0.2) is 65.8 Å². The summed E-state index contributed by atoms with van der Waals surface area (Å²) in [5.74, 6) is -1.62. The van der Waals surface area contributed by atoms with Gasteiger partial charge in [0.25, 0.3) is 0 Å². The molecule has 0 bridgehead atoms. The van der Waals surface area contributed by atoms with Gasteiger partial charge in [0, 0.05) is 12.0 Å². The third kappa shape index (κ3) is 4.32.